The lowest BCUT2D eigenvalue weighted by atomic mass is 9.74. The number of hydrogen-bond donors (Lipinski definition) is 0. The van der Waals surface area contributed by atoms with Crippen LogP contribution in [0.2, 0.25) is 0 Å². The third-order valence-corrected chi connectivity index (χ3v) is 5.03. The van der Waals surface area contributed by atoms with Crippen LogP contribution in [0.5, 0.6) is 0 Å². The summed E-state index contributed by atoms with van der Waals surface area (Å²) in [5.41, 5.74) is -0.169. The van der Waals surface area contributed by atoms with E-state index in [0.29, 0.717) is 5.92 Å². The third-order valence-electron chi connectivity index (χ3n) is 5.03. The molecule has 3 aliphatic rings. The zero-order valence-corrected chi connectivity index (χ0v) is 8.66. The van der Waals surface area contributed by atoms with E-state index < -0.39 is 0 Å². The van der Waals surface area contributed by atoms with E-state index in [9.17, 15) is 4.79 Å². The molecule has 0 aromatic carbocycles. The standard InChI is InChI=1S/C12H17O2/c1-12(14-7-13)6-8-5-11(12)10-4-2-3-9(8)10/h8-11H,2-6H2,1H3. The number of fused-ring (bicyclic) bond motifs is 5. The fraction of sp³-hybridized carbons (Fsp3) is 0.917. The van der Waals surface area contributed by atoms with Gasteiger partial charge in [-0.15, -0.1) is 0 Å². The smallest absolute Gasteiger partial charge is 0.418 e. The number of carbonyl (C=O) groups excluding carboxylic acids is 1. The SMILES string of the molecule is CC1(O[C]=O)CC2CC1C1CCCC21. The third kappa shape index (κ3) is 0.945. The van der Waals surface area contributed by atoms with Crippen molar-refractivity contribution >= 4 is 6.47 Å². The Morgan fingerprint density at radius 2 is 2.14 bits per heavy atom. The molecule has 14 heavy (non-hydrogen) atoms. The first kappa shape index (κ1) is 8.75. The first-order chi connectivity index (χ1) is 6.74. The van der Waals surface area contributed by atoms with Gasteiger partial charge in [-0.3, -0.25) is 0 Å². The molecule has 77 valence electrons. The molecule has 1 radical (unpaired) electrons. The van der Waals surface area contributed by atoms with Crippen molar-refractivity contribution in [1.29, 1.82) is 0 Å². The van der Waals surface area contributed by atoms with Crippen molar-refractivity contribution in [2.75, 3.05) is 0 Å². The van der Waals surface area contributed by atoms with E-state index in [1.807, 2.05) is 0 Å². The van der Waals surface area contributed by atoms with Crippen LogP contribution in [-0.4, -0.2) is 12.1 Å². The van der Waals surface area contributed by atoms with Crippen LogP contribution in [0.1, 0.15) is 39.0 Å². The molecule has 2 nitrogen and oxygen atoms in total. The average molecular weight is 193 g/mol. The summed E-state index contributed by atoms with van der Waals surface area (Å²) in [6.45, 7) is 3.77. The summed E-state index contributed by atoms with van der Waals surface area (Å²) in [6.07, 6.45) is 6.57. The van der Waals surface area contributed by atoms with Crippen LogP contribution in [-0.2, 0) is 9.53 Å². The van der Waals surface area contributed by atoms with Gasteiger partial charge in [-0.25, -0.2) is 4.79 Å². The molecule has 3 saturated carbocycles. The summed E-state index contributed by atoms with van der Waals surface area (Å²) >= 11 is 0. The summed E-state index contributed by atoms with van der Waals surface area (Å²) in [7, 11) is 0. The van der Waals surface area contributed by atoms with Crippen LogP contribution in [0.15, 0.2) is 0 Å². The molecular formula is C12H17O2. The summed E-state index contributed by atoms with van der Waals surface area (Å²) in [5, 5.41) is 0. The van der Waals surface area contributed by atoms with E-state index in [-0.39, 0.29) is 5.60 Å². The van der Waals surface area contributed by atoms with Gasteiger partial charge < -0.3 is 4.74 Å². The largest absolute Gasteiger partial charge is 0.451 e. The summed E-state index contributed by atoms with van der Waals surface area (Å²) in [6, 6.07) is 0. The van der Waals surface area contributed by atoms with Crippen molar-refractivity contribution in [2.45, 2.75) is 44.6 Å². The lowest BCUT2D eigenvalue weighted by molar-refractivity contribution is -0.0192. The van der Waals surface area contributed by atoms with Gasteiger partial charge in [-0.05, 0) is 50.4 Å². The highest BCUT2D eigenvalue weighted by atomic mass is 16.5. The van der Waals surface area contributed by atoms with Crippen LogP contribution < -0.4 is 0 Å². The second-order valence-electron chi connectivity index (χ2n) is 5.56. The van der Waals surface area contributed by atoms with Gasteiger partial charge in [-0.1, -0.05) is 6.42 Å². The molecule has 3 fully saturated rings. The maximum atomic E-state index is 10.4. The van der Waals surface area contributed by atoms with Crippen LogP contribution in [0.3, 0.4) is 0 Å². The summed E-state index contributed by atoms with van der Waals surface area (Å²) in [4.78, 5) is 10.4. The van der Waals surface area contributed by atoms with Crippen LogP contribution in [0.4, 0.5) is 0 Å². The van der Waals surface area contributed by atoms with Crippen molar-refractivity contribution in [3.05, 3.63) is 0 Å². The first-order valence-corrected chi connectivity index (χ1v) is 5.80. The monoisotopic (exact) mass is 193 g/mol. The highest BCUT2D eigenvalue weighted by molar-refractivity contribution is 5.40. The molecule has 5 unspecified atom stereocenters. The van der Waals surface area contributed by atoms with Gasteiger partial charge >= 0.3 is 6.47 Å². The number of rotatable bonds is 2. The maximum absolute atomic E-state index is 10.4. The predicted molar refractivity (Wildman–Crippen MR) is 52.2 cm³/mol. The molecule has 0 amide bonds. The molecule has 2 heteroatoms. The molecule has 0 aliphatic heterocycles. The molecule has 0 spiro atoms. The Morgan fingerprint density at radius 1 is 1.36 bits per heavy atom. The van der Waals surface area contributed by atoms with Gasteiger partial charge in [0, 0.05) is 5.92 Å². The van der Waals surface area contributed by atoms with Crippen LogP contribution in [0, 0.1) is 23.7 Å². The van der Waals surface area contributed by atoms with E-state index in [1.54, 1.807) is 6.47 Å². The lowest BCUT2D eigenvalue weighted by Gasteiger charge is -2.38. The molecule has 0 aromatic rings. The van der Waals surface area contributed by atoms with Crippen molar-refractivity contribution in [2.24, 2.45) is 23.7 Å². The molecule has 3 rings (SSSR count). The van der Waals surface area contributed by atoms with Gasteiger partial charge in [0.1, 0.15) is 5.60 Å². The van der Waals surface area contributed by atoms with Gasteiger partial charge in [0.05, 0.1) is 0 Å². The minimum Gasteiger partial charge on any atom is -0.451 e. The molecule has 0 N–H and O–H groups in total. The predicted octanol–water partition coefficient (Wildman–Crippen LogP) is 2.29. The molecule has 0 saturated heterocycles. The number of ether oxygens (including phenoxy) is 1. The summed E-state index contributed by atoms with van der Waals surface area (Å²) < 4.78 is 5.23. The fourth-order valence-corrected chi connectivity index (χ4v) is 4.60. The molecule has 0 heterocycles. The van der Waals surface area contributed by atoms with Crippen LogP contribution in [0.25, 0.3) is 0 Å². The van der Waals surface area contributed by atoms with E-state index in [4.69, 9.17) is 4.74 Å². The van der Waals surface area contributed by atoms with Gasteiger partial charge in [0.15, 0.2) is 0 Å². The van der Waals surface area contributed by atoms with Gasteiger partial charge in [0.25, 0.3) is 0 Å². The van der Waals surface area contributed by atoms with Crippen molar-refractivity contribution in [3.63, 3.8) is 0 Å². The Hall–Kier alpha value is -0.530. The Balaban J connectivity index is 1.85. The molecule has 3 aliphatic carbocycles. The molecule has 2 bridgehead atoms. The lowest BCUT2D eigenvalue weighted by Crippen LogP contribution is -2.40. The Bertz CT molecular complexity index is 263. The topological polar surface area (TPSA) is 26.3 Å². The first-order valence-electron chi connectivity index (χ1n) is 5.80. The quantitative estimate of drug-likeness (QED) is 0.672. The zero-order chi connectivity index (χ0) is 9.76. The Labute approximate surface area is 85.0 Å². The van der Waals surface area contributed by atoms with Gasteiger partial charge in [0.2, 0.25) is 0 Å². The fourth-order valence-electron chi connectivity index (χ4n) is 4.60. The maximum Gasteiger partial charge on any atom is 0.418 e. The van der Waals surface area contributed by atoms with E-state index >= 15 is 0 Å². The van der Waals surface area contributed by atoms with E-state index in [0.717, 1.165) is 24.2 Å². The van der Waals surface area contributed by atoms with E-state index in [2.05, 4.69) is 6.92 Å². The molecule has 0 aromatic heterocycles. The highest BCUT2D eigenvalue weighted by Gasteiger charge is 2.60. The number of hydrogen-bond acceptors (Lipinski definition) is 2. The highest BCUT2D eigenvalue weighted by Crippen LogP contribution is 2.63. The van der Waals surface area contributed by atoms with Crippen molar-refractivity contribution in [1.82, 2.24) is 0 Å². The molecular weight excluding hydrogens is 176 g/mol. The minimum atomic E-state index is -0.169. The van der Waals surface area contributed by atoms with E-state index in [1.165, 1.54) is 25.7 Å². The minimum absolute atomic E-state index is 0.169. The van der Waals surface area contributed by atoms with Crippen molar-refractivity contribution in [3.8, 4) is 0 Å². The second-order valence-corrected chi connectivity index (χ2v) is 5.56. The summed E-state index contributed by atoms with van der Waals surface area (Å²) in [5.74, 6) is 3.29. The van der Waals surface area contributed by atoms with Crippen molar-refractivity contribution < 1.29 is 9.53 Å². The van der Waals surface area contributed by atoms with Crippen LogP contribution >= 0.6 is 0 Å². The average Bonchev–Trinajstić information content (AvgIpc) is 2.72. The second kappa shape index (κ2) is 2.74. The van der Waals surface area contributed by atoms with Gasteiger partial charge in [-0.2, -0.15) is 0 Å². The molecule has 5 atom stereocenters. The Morgan fingerprint density at radius 3 is 2.93 bits per heavy atom. The Kier molecular flexibility index (Phi) is 1.71. The normalized spacial score (nSPS) is 54.6. The zero-order valence-electron chi connectivity index (χ0n) is 8.66.